The molecule has 10 heteroatoms. The van der Waals surface area contributed by atoms with E-state index >= 15 is 0 Å². The van der Waals surface area contributed by atoms with Crippen LogP contribution >= 0.6 is 35.3 Å². The van der Waals surface area contributed by atoms with Gasteiger partial charge < -0.3 is 9.64 Å². The van der Waals surface area contributed by atoms with Crippen LogP contribution in [0, 0.1) is 15.3 Å². The summed E-state index contributed by atoms with van der Waals surface area (Å²) in [6.45, 7) is -0.0649. The highest BCUT2D eigenvalue weighted by molar-refractivity contribution is 8.00. The van der Waals surface area contributed by atoms with E-state index in [0.29, 0.717) is 16.1 Å². The Labute approximate surface area is 164 Å². The molecule has 0 aliphatic rings. The van der Waals surface area contributed by atoms with Crippen LogP contribution in [0.2, 0.25) is 0 Å². The molecule has 0 saturated heterocycles. The fourth-order valence-corrected chi connectivity index (χ4v) is 3.69. The first-order valence-electron chi connectivity index (χ1n) is 7.49. The third kappa shape index (κ3) is 5.14. The maximum absolute atomic E-state index is 12.1. The van der Waals surface area contributed by atoms with Gasteiger partial charge in [-0.05, 0) is 42.7 Å². The lowest BCUT2D eigenvalue weighted by atomic mass is 10.2. The Morgan fingerprint density at radius 2 is 2.12 bits per heavy atom. The normalized spacial score (nSPS) is 10.2. The molecule has 0 fully saturated rings. The van der Waals surface area contributed by atoms with E-state index in [4.69, 9.17) is 22.2 Å². The average Bonchev–Trinajstić information content (AvgIpc) is 3.04. The van der Waals surface area contributed by atoms with Crippen molar-refractivity contribution < 1.29 is 14.3 Å². The van der Waals surface area contributed by atoms with E-state index in [1.807, 2.05) is 12.3 Å². The molecular formula is C16H16N4O3S3. The first-order valence-corrected chi connectivity index (χ1v) is 9.94. The summed E-state index contributed by atoms with van der Waals surface area (Å²) in [5.41, 5.74) is 1.07. The lowest BCUT2D eigenvalue weighted by Gasteiger charge is -2.15. The van der Waals surface area contributed by atoms with E-state index < -0.39 is 5.97 Å². The second-order valence-corrected chi connectivity index (χ2v) is 7.77. The maximum Gasteiger partial charge on any atom is 0.338 e. The van der Waals surface area contributed by atoms with Crippen molar-refractivity contribution in [2.75, 3.05) is 26.5 Å². The van der Waals surface area contributed by atoms with Gasteiger partial charge in [-0.3, -0.25) is 4.79 Å². The van der Waals surface area contributed by atoms with Gasteiger partial charge in [0.2, 0.25) is 0 Å². The van der Waals surface area contributed by atoms with E-state index in [-0.39, 0.29) is 18.9 Å². The lowest BCUT2D eigenvalue weighted by Crippen LogP contribution is -2.31. The van der Waals surface area contributed by atoms with Crippen LogP contribution in [0.4, 0.5) is 0 Å². The zero-order valence-corrected chi connectivity index (χ0v) is 16.6. The zero-order valence-electron chi connectivity index (χ0n) is 14.2. The van der Waals surface area contributed by atoms with Crippen LogP contribution in [-0.4, -0.2) is 53.0 Å². The smallest absolute Gasteiger partial charge is 0.338 e. The van der Waals surface area contributed by atoms with Crippen LogP contribution in [0.15, 0.2) is 28.6 Å². The molecule has 1 heterocycles. The highest BCUT2D eigenvalue weighted by atomic mass is 32.2. The van der Waals surface area contributed by atoms with E-state index in [9.17, 15) is 9.59 Å². The number of hydrogen-bond donors (Lipinski definition) is 0. The van der Waals surface area contributed by atoms with Crippen molar-refractivity contribution in [2.45, 2.75) is 10.8 Å². The summed E-state index contributed by atoms with van der Waals surface area (Å²) in [6, 6.07) is 8.59. The minimum Gasteiger partial charge on any atom is -0.452 e. The molecule has 1 amide bonds. The molecule has 0 aliphatic heterocycles. The molecule has 136 valence electrons. The van der Waals surface area contributed by atoms with Gasteiger partial charge in [0.1, 0.15) is 0 Å². The number of nitriles is 1. The molecule has 0 bridgehead atoms. The van der Waals surface area contributed by atoms with Crippen LogP contribution in [0.25, 0.3) is 5.69 Å². The predicted octanol–water partition coefficient (Wildman–Crippen LogP) is 2.91. The molecule has 2 aromatic rings. The summed E-state index contributed by atoms with van der Waals surface area (Å²) < 4.78 is 8.14. The van der Waals surface area contributed by atoms with E-state index in [2.05, 4.69) is 5.10 Å². The molecule has 0 radical (unpaired) electrons. The van der Waals surface area contributed by atoms with Gasteiger partial charge in [-0.1, -0.05) is 23.1 Å². The van der Waals surface area contributed by atoms with Crippen LogP contribution in [0.1, 0.15) is 16.8 Å². The zero-order chi connectivity index (χ0) is 19.1. The molecule has 1 aromatic carbocycles. The summed E-state index contributed by atoms with van der Waals surface area (Å²) in [6.07, 6.45) is 2.16. The van der Waals surface area contributed by atoms with Gasteiger partial charge in [0.25, 0.3) is 5.91 Å². The van der Waals surface area contributed by atoms with Gasteiger partial charge in [0, 0.05) is 13.6 Å². The predicted molar refractivity (Wildman–Crippen MR) is 102 cm³/mol. The Bertz CT molecular complexity index is 883. The molecule has 0 aliphatic carbocycles. The molecule has 0 N–H and O–H groups in total. The number of hydrogen-bond acceptors (Lipinski definition) is 8. The summed E-state index contributed by atoms with van der Waals surface area (Å²) in [4.78, 5) is 25.2. The lowest BCUT2D eigenvalue weighted by molar-refractivity contribution is -0.133. The number of likely N-dealkylation sites (N-methyl/N-ethyl adjacent to an activating group) is 1. The number of rotatable bonds is 7. The van der Waals surface area contributed by atoms with E-state index in [1.54, 1.807) is 36.0 Å². The molecule has 7 nitrogen and oxygen atoms in total. The SMILES string of the molecule is CSc1nn(-c2ccc(C(=O)OCC(=O)N(C)CCC#N)cc2)c(=S)s1. The molecule has 0 spiro atoms. The first kappa shape index (κ1) is 20.1. The van der Waals surface area contributed by atoms with Crippen LogP contribution < -0.4 is 0 Å². The maximum atomic E-state index is 12.1. The number of nitrogens with zero attached hydrogens (tertiary/aromatic N) is 4. The van der Waals surface area contributed by atoms with Gasteiger partial charge in [-0.2, -0.15) is 5.26 Å². The molecule has 26 heavy (non-hydrogen) atoms. The second-order valence-electron chi connectivity index (χ2n) is 5.10. The van der Waals surface area contributed by atoms with Gasteiger partial charge in [0.05, 0.1) is 23.7 Å². The molecular weight excluding hydrogens is 392 g/mol. The van der Waals surface area contributed by atoms with Crippen molar-refractivity contribution in [3.8, 4) is 11.8 Å². The summed E-state index contributed by atoms with van der Waals surface area (Å²) in [7, 11) is 1.56. The van der Waals surface area contributed by atoms with Crippen molar-refractivity contribution in [3.63, 3.8) is 0 Å². The summed E-state index contributed by atoms with van der Waals surface area (Å²) in [5, 5.41) is 12.9. The quantitative estimate of drug-likeness (QED) is 0.395. The van der Waals surface area contributed by atoms with Gasteiger partial charge in [-0.15, -0.1) is 5.10 Å². The van der Waals surface area contributed by atoms with Crippen molar-refractivity contribution in [1.29, 1.82) is 5.26 Å². The number of esters is 1. The molecule has 0 unspecified atom stereocenters. The molecule has 2 rings (SSSR count). The van der Waals surface area contributed by atoms with Crippen molar-refractivity contribution in [3.05, 3.63) is 33.8 Å². The second kappa shape index (κ2) is 9.47. The number of carbonyl (C=O) groups is 2. The largest absolute Gasteiger partial charge is 0.452 e. The number of carbonyl (C=O) groups excluding carboxylic acids is 2. The Balaban J connectivity index is 1.98. The summed E-state index contributed by atoms with van der Waals surface area (Å²) in [5.74, 6) is -0.950. The monoisotopic (exact) mass is 408 g/mol. The minimum atomic E-state index is -0.592. The molecule has 0 saturated carbocycles. The van der Waals surface area contributed by atoms with E-state index in [1.165, 1.54) is 28.0 Å². The minimum absolute atomic E-state index is 0.231. The Morgan fingerprint density at radius 1 is 1.42 bits per heavy atom. The fourth-order valence-electron chi connectivity index (χ4n) is 1.91. The average molecular weight is 409 g/mol. The molecule has 1 aromatic heterocycles. The Hall–Kier alpha value is -2.22. The van der Waals surface area contributed by atoms with Gasteiger partial charge >= 0.3 is 5.97 Å². The topological polar surface area (TPSA) is 88.2 Å². The van der Waals surface area contributed by atoms with E-state index in [0.717, 1.165) is 10.0 Å². The number of amides is 1. The third-order valence-corrected chi connectivity index (χ3v) is 5.57. The number of thioether (sulfide) groups is 1. The molecule has 0 atom stereocenters. The third-order valence-electron chi connectivity index (χ3n) is 3.36. The number of ether oxygens (including phenoxy) is 1. The van der Waals surface area contributed by atoms with Crippen LogP contribution in [-0.2, 0) is 9.53 Å². The number of aromatic nitrogens is 2. The number of benzene rings is 1. The van der Waals surface area contributed by atoms with Crippen LogP contribution in [0.5, 0.6) is 0 Å². The Morgan fingerprint density at radius 3 is 2.69 bits per heavy atom. The van der Waals surface area contributed by atoms with Gasteiger partial charge in [0.15, 0.2) is 14.9 Å². The van der Waals surface area contributed by atoms with Gasteiger partial charge in [-0.25, -0.2) is 9.48 Å². The van der Waals surface area contributed by atoms with Crippen LogP contribution in [0.3, 0.4) is 0 Å². The summed E-state index contributed by atoms with van der Waals surface area (Å²) >= 11 is 8.21. The van der Waals surface area contributed by atoms with Crippen molar-refractivity contribution in [2.24, 2.45) is 0 Å². The fraction of sp³-hybridized carbons (Fsp3) is 0.312. The standard InChI is InChI=1S/C16H16N4O3S3/c1-19(9-3-8-17)13(21)10-23-14(22)11-4-6-12(7-5-11)20-16(24)26-15(18-20)25-2/h4-7H,3,9-10H2,1-2H3. The highest BCUT2D eigenvalue weighted by Crippen LogP contribution is 2.22. The highest BCUT2D eigenvalue weighted by Gasteiger charge is 2.14. The Kier molecular flexibility index (Phi) is 7.32. The first-order chi connectivity index (χ1) is 12.5. The van der Waals surface area contributed by atoms with Crippen molar-refractivity contribution >= 4 is 47.2 Å². The van der Waals surface area contributed by atoms with Crippen molar-refractivity contribution in [1.82, 2.24) is 14.7 Å².